The SMILES string of the molecule is O=Cc1cc(Cl)ncc1-c1ccncc1. The normalized spacial score (nSPS) is 9.93. The number of hydrogen-bond donors (Lipinski definition) is 0. The van der Waals surface area contributed by atoms with Crippen LogP contribution < -0.4 is 0 Å². The van der Waals surface area contributed by atoms with Crippen molar-refractivity contribution in [3.05, 3.63) is 47.5 Å². The number of pyridine rings is 2. The van der Waals surface area contributed by atoms with Gasteiger partial charge in [-0.15, -0.1) is 0 Å². The molecule has 0 N–H and O–H groups in total. The molecule has 2 heterocycles. The van der Waals surface area contributed by atoms with Crippen molar-refractivity contribution >= 4 is 17.9 Å². The number of rotatable bonds is 2. The molecule has 0 bridgehead atoms. The molecule has 2 aromatic heterocycles. The van der Waals surface area contributed by atoms with Crippen molar-refractivity contribution in [3.8, 4) is 11.1 Å². The summed E-state index contributed by atoms with van der Waals surface area (Å²) in [6.07, 6.45) is 5.68. The lowest BCUT2D eigenvalue weighted by atomic mass is 10.0. The standard InChI is InChI=1S/C11H7ClN2O/c12-11-5-9(7-15)10(6-14-11)8-1-3-13-4-2-8/h1-7H. The summed E-state index contributed by atoms with van der Waals surface area (Å²) < 4.78 is 0. The van der Waals surface area contributed by atoms with Crippen LogP contribution in [0.5, 0.6) is 0 Å². The van der Waals surface area contributed by atoms with E-state index < -0.39 is 0 Å². The molecule has 0 radical (unpaired) electrons. The molecule has 2 aromatic rings. The Kier molecular flexibility index (Phi) is 2.74. The van der Waals surface area contributed by atoms with E-state index in [9.17, 15) is 4.79 Å². The minimum absolute atomic E-state index is 0.315. The maximum atomic E-state index is 10.9. The quantitative estimate of drug-likeness (QED) is 0.575. The summed E-state index contributed by atoms with van der Waals surface area (Å²) in [5, 5.41) is 0.315. The maximum Gasteiger partial charge on any atom is 0.150 e. The fourth-order valence-electron chi connectivity index (χ4n) is 1.31. The Bertz CT molecular complexity index is 485. The first kappa shape index (κ1) is 9.80. The van der Waals surface area contributed by atoms with Gasteiger partial charge in [-0.2, -0.15) is 0 Å². The van der Waals surface area contributed by atoms with Crippen molar-refractivity contribution < 1.29 is 4.79 Å². The average molecular weight is 219 g/mol. The van der Waals surface area contributed by atoms with Crippen LogP contribution in [0, 0.1) is 0 Å². The molecule has 0 unspecified atom stereocenters. The third-order valence-corrected chi connectivity index (χ3v) is 2.23. The second kappa shape index (κ2) is 4.19. The molecule has 2 rings (SSSR count). The Hall–Kier alpha value is -1.74. The fraction of sp³-hybridized carbons (Fsp3) is 0. The van der Waals surface area contributed by atoms with E-state index in [2.05, 4.69) is 9.97 Å². The summed E-state index contributed by atoms with van der Waals surface area (Å²) in [7, 11) is 0. The van der Waals surface area contributed by atoms with Crippen LogP contribution in [0.25, 0.3) is 11.1 Å². The molecule has 0 aliphatic heterocycles. The number of aromatic nitrogens is 2. The highest BCUT2D eigenvalue weighted by molar-refractivity contribution is 6.29. The van der Waals surface area contributed by atoms with Crippen molar-refractivity contribution in [2.75, 3.05) is 0 Å². The molecule has 0 aromatic carbocycles. The van der Waals surface area contributed by atoms with Gasteiger partial charge in [0.1, 0.15) is 5.15 Å². The maximum absolute atomic E-state index is 10.9. The van der Waals surface area contributed by atoms with Gasteiger partial charge in [-0.25, -0.2) is 4.98 Å². The number of aldehydes is 1. The highest BCUT2D eigenvalue weighted by atomic mass is 35.5. The van der Waals surface area contributed by atoms with Crippen LogP contribution in [0.1, 0.15) is 10.4 Å². The van der Waals surface area contributed by atoms with Gasteiger partial charge in [0, 0.05) is 29.7 Å². The van der Waals surface area contributed by atoms with E-state index in [1.807, 2.05) is 12.1 Å². The van der Waals surface area contributed by atoms with Gasteiger partial charge in [-0.3, -0.25) is 9.78 Å². The zero-order valence-electron chi connectivity index (χ0n) is 7.72. The lowest BCUT2D eigenvalue weighted by molar-refractivity contribution is 0.112. The topological polar surface area (TPSA) is 42.9 Å². The number of hydrogen-bond acceptors (Lipinski definition) is 3. The van der Waals surface area contributed by atoms with Crippen molar-refractivity contribution in [1.29, 1.82) is 0 Å². The number of carbonyl (C=O) groups excluding carboxylic acids is 1. The van der Waals surface area contributed by atoms with Crippen LogP contribution in [-0.4, -0.2) is 16.3 Å². The van der Waals surface area contributed by atoms with Gasteiger partial charge in [0.05, 0.1) is 0 Å². The molecule has 0 amide bonds. The van der Waals surface area contributed by atoms with Crippen molar-refractivity contribution in [1.82, 2.24) is 9.97 Å². The van der Waals surface area contributed by atoms with Crippen molar-refractivity contribution in [2.45, 2.75) is 0 Å². The highest BCUT2D eigenvalue weighted by Gasteiger charge is 2.05. The Morgan fingerprint density at radius 3 is 2.67 bits per heavy atom. The van der Waals surface area contributed by atoms with Gasteiger partial charge in [0.15, 0.2) is 6.29 Å². The van der Waals surface area contributed by atoms with E-state index in [-0.39, 0.29) is 0 Å². The minimum atomic E-state index is 0.315. The monoisotopic (exact) mass is 218 g/mol. The van der Waals surface area contributed by atoms with Gasteiger partial charge >= 0.3 is 0 Å². The second-order valence-electron chi connectivity index (χ2n) is 2.95. The first-order chi connectivity index (χ1) is 7.31. The summed E-state index contributed by atoms with van der Waals surface area (Å²) in [6.45, 7) is 0. The molecule has 4 heteroatoms. The zero-order chi connectivity index (χ0) is 10.7. The number of halogens is 1. The fourth-order valence-corrected chi connectivity index (χ4v) is 1.48. The van der Waals surface area contributed by atoms with E-state index in [4.69, 9.17) is 11.6 Å². The van der Waals surface area contributed by atoms with E-state index in [1.165, 1.54) is 0 Å². The molecular formula is C11H7ClN2O. The summed E-state index contributed by atoms with van der Waals surface area (Å²) in [4.78, 5) is 18.7. The van der Waals surface area contributed by atoms with E-state index in [0.717, 1.165) is 17.4 Å². The number of nitrogens with zero attached hydrogens (tertiary/aromatic N) is 2. The molecule has 74 valence electrons. The van der Waals surface area contributed by atoms with Crippen LogP contribution in [0.4, 0.5) is 0 Å². The Labute approximate surface area is 91.8 Å². The van der Waals surface area contributed by atoms with Crippen LogP contribution in [0.15, 0.2) is 36.8 Å². The Balaban J connectivity index is 2.58. The summed E-state index contributed by atoms with van der Waals surface area (Å²) in [5.74, 6) is 0. The van der Waals surface area contributed by atoms with Gasteiger partial charge in [-0.05, 0) is 23.8 Å². The lowest BCUT2D eigenvalue weighted by Gasteiger charge is -2.03. The molecule has 0 aliphatic carbocycles. The third kappa shape index (κ3) is 2.02. The summed E-state index contributed by atoms with van der Waals surface area (Å²) in [5.41, 5.74) is 2.19. The van der Waals surface area contributed by atoms with Crippen LogP contribution in [-0.2, 0) is 0 Å². The van der Waals surface area contributed by atoms with Crippen LogP contribution in [0.3, 0.4) is 0 Å². The van der Waals surface area contributed by atoms with Crippen molar-refractivity contribution in [2.24, 2.45) is 0 Å². The van der Waals surface area contributed by atoms with Crippen LogP contribution >= 0.6 is 11.6 Å². The first-order valence-corrected chi connectivity index (χ1v) is 4.70. The van der Waals surface area contributed by atoms with E-state index in [0.29, 0.717) is 10.7 Å². The average Bonchev–Trinajstić information content (AvgIpc) is 2.30. The third-order valence-electron chi connectivity index (χ3n) is 2.02. The largest absolute Gasteiger partial charge is 0.298 e. The van der Waals surface area contributed by atoms with Gasteiger partial charge < -0.3 is 0 Å². The van der Waals surface area contributed by atoms with E-state index in [1.54, 1.807) is 24.7 Å². The van der Waals surface area contributed by atoms with Gasteiger partial charge in [0.2, 0.25) is 0 Å². The van der Waals surface area contributed by atoms with Gasteiger partial charge in [0.25, 0.3) is 0 Å². The zero-order valence-corrected chi connectivity index (χ0v) is 8.48. The lowest BCUT2D eigenvalue weighted by Crippen LogP contribution is -1.90. The van der Waals surface area contributed by atoms with Gasteiger partial charge in [-0.1, -0.05) is 11.6 Å². The molecule has 0 fully saturated rings. The first-order valence-electron chi connectivity index (χ1n) is 4.32. The predicted molar refractivity (Wildman–Crippen MR) is 57.9 cm³/mol. The predicted octanol–water partition coefficient (Wildman–Crippen LogP) is 2.61. The van der Waals surface area contributed by atoms with Crippen LogP contribution in [0.2, 0.25) is 5.15 Å². The van der Waals surface area contributed by atoms with E-state index >= 15 is 0 Å². The Morgan fingerprint density at radius 1 is 1.27 bits per heavy atom. The molecule has 0 atom stereocenters. The molecule has 0 spiro atoms. The molecule has 0 saturated heterocycles. The Morgan fingerprint density at radius 2 is 2.00 bits per heavy atom. The molecule has 15 heavy (non-hydrogen) atoms. The number of carbonyl (C=O) groups is 1. The highest BCUT2D eigenvalue weighted by Crippen LogP contribution is 2.22. The molecular weight excluding hydrogens is 212 g/mol. The summed E-state index contributed by atoms with van der Waals surface area (Å²) >= 11 is 5.70. The second-order valence-corrected chi connectivity index (χ2v) is 3.34. The minimum Gasteiger partial charge on any atom is -0.298 e. The molecule has 0 aliphatic rings. The summed E-state index contributed by atoms with van der Waals surface area (Å²) in [6, 6.07) is 5.18. The smallest absolute Gasteiger partial charge is 0.150 e. The molecule has 0 saturated carbocycles. The van der Waals surface area contributed by atoms with Crippen molar-refractivity contribution in [3.63, 3.8) is 0 Å². The molecule has 3 nitrogen and oxygen atoms in total.